The Hall–Kier alpha value is -1.31. The lowest BCUT2D eigenvalue weighted by Gasteiger charge is -2.06. The molecule has 0 fully saturated rings. The number of halogens is 1. The molecular weight excluding hydrogens is 155 g/mol. The van der Waals surface area contributed by atoms with Crippen molar-refractivity contribution in [2.24, 2.45) is 0 Å². The van der Waals surface area contributed by atoms with Gasteiger partial charge in [-0.2, -0.15) is 0 Å². The maximum Gasteiger partial charge on any atom is 0.137 e. The molecule has 0 saturated heterocycles. The third-order valence-electron chi connectivity index (χ3n) is 1.76. The van der Waals surface area contributed by atoms with E-state index in [2.05, 4.69) is 6.58 Å². The van der Waals surface area contributed by atoms with Crippen molar-refractivity contribution in [3.05, 3.63) is 35.7 Å². The zero-order chi connectivity index (χ0) is 9.14. The minimum Gasteiger partial charge on any atom is -0.496 e. The van der Waals surface area contributed by atoms with Crippen molar-refractivity contribution in [1.82, 2.24) is 0 Å². The lowest BCUT2D eigenvalue weighted by atomic mass is 10.1. The fourth-order valence-corrected chi connectivity index (χ4v) is 1.05. The van der Waals surface area contributed by atoms with Crippen LogP contribution in [0.15, 0.2) is 18.7 Å². The quantitative estimate of drug-likeness (QED) is 0.656. The van der Waals surface area contributed by atoms with Crippen LogP contribution in [-0.4, -0.2) is 7.11 Å². The molecule has 1 rings (SSSR count). The molecule has 2 heteroatoms. The number of benzene rings is 1. The van der Waals surface area contributed by atoms with Crippen molar-refractivity contribution >= 4 is 6.08 Å². The Kier molecular flexibility index (Phi) is 2.48. The highest BCUT2D eigenvalue weighted by atomic mass is 19.1. The van der Waals surface area contributed by atoms with Gasteiger partial charge in [-0.1, -0.05) is 18.7 Å². The van der Waals surface area contributed by atoms with Crippen molar-refractivity contribution in [3.63, 3.8) is 0 Å². The summed E-state index contributed by atoms with van der Waals surface area (Å²) < 4.78 is 18.3. The van der Waals surface area contributed by atoms with E-state index < -0.39 is 0 Å². The van der Waals surface area contributed by atoms with Crippen LogP contribution in [0.25, 0.3) is 6.08 Å². The third-order valence-corrected chi connectivity index (χ3v) is 1.76. The molecule has 0 aliphatic carbocycles. The second-order valence-corrected chi connectivity index (χ2v) is 2.52. The molecule has 64 valence electrons. The van der Waals surface area contributed by atoms with Crippen molar-refractivity contribution in [2.75, 3.05) is 7.11 Å². The topological polar surface area (TPSA) is 9.23 Å². The Morgan fingerprint density at radius 3 is 2.67 bits per heavy atom. The van der Waals surface area contributed by atoms with E-state index in [9.17, 15) is 4.39 Å². The lowest BCUT2D eigenvalue weighted by Crippen LogP contribution is -1.92. The first-order chi connectivity index (χ1) is 5.70. The Labute approximate surface area is 71.5 Å². The monoisotopic (exact) mass is 166 g/mol. The zero-order valence-corrected chi connectivity index (χ0v) is 7.23. The molecule has 0 bridgehead atoms. The number of methoxy groups -OCH3 is 1. The molecule has 12 heavy (non-hydrogen) atoms. The van der Waals surface area contributed by atoms with Gasteiger partial charge in [0.2, 0.25) is 0 Å². The second-order valence-electron chi connectivity index (χ2n) is 2.52. The predicted octanol–water partition coefficient (Wildman–Crippen LogP) is 2.79. The molecule has 0 N–H and O–H groups in total. The smallest absolute Gasteiger partial charge is 0.137 e. The van der Waals surface area contributed by atoms with E-state index in [0.29, 0.717) is 16.9 Å². The van der Waals surface area contributed by atoms with E-state index in [1.165, 1.54) is 13.2 Å². The van der Waals surface area contributed by atoms with Crippen molar-refractivity contribution < 1.29 is 9.13 Å². The van der Waals surface area contributed by atoms with Crippen LogP contribution in [0.3, 0.4) is 0 Å². The molecule has 0 heterocycles. The number of rotatable bonds is 2. The first-order valence-corrected chi connectivity index (χ1v) is 3.66. The number of hydrogen-bond acceptors (Lipinski definition) is 1. The molecule has 1 nitrogen and oxygen atoms in total. The molecule has 0 radical (unpaired) electrons. The average molecular weight is 166 g/mol. The summed E-state index contributed by atoms with van der Waals surface area (Å²) in [6.07, 6.45) is 1.46. The molecule has 0 aromatic heterocycles. The van der Waals surface area contributed by atoms with Crippen LogP contribution in [0, 0.1) is 12.7 Å². The Morgan fingerprint density at radius 1 is 1.50 bits per heavy atom. The molecule has 0 aliphatic heterocycles. The van der Waals surface area contributed by atoms with E-state index in [4.69, 9.17) is 4.74 Å². The molecular formula is C10H11FO. The van der Waals surface area contributed by atoms with Gasteiger partial charge >= 0.3 is 0 Å². The molecule has 0 atom stereocenters. The minimum atomic E-state index is -0.260. The summed E-state index contributed by atoms with van der Waals surface area (Å²) >= 11 is 0. The highest BCUT2D eigenvalue weighted by Crippen LogP contribution is 2.24. The Bertz CT molecular complexity index is 305. The normalized spacial score (nSPS) is 9.58. The van der Waals surface area contributed by atoms with Crippen LogP contribution in [-0.2, 0) is 0 Å². The van der Waals surface area contributed by atoms with Gasteiger partial charge in [0, 0.05) is 0 Å². The Balaban J connectivity index is 3.35. The van der Waals surface area contributed by atoms with Crippen LogP contribution in [0.1, 0.15) is 11.1 Å². The summed E-state index contributed by atoms with van der Waals surface area (Å²) in [5, 5.41) is 0. The van der Waals surface area contributed by atoms with Gasteiger partial charge in [0.1, 0.15) is 11.6 Å². The standard InChI is InChI=1S/C10H11FO/c1-4-8-9(12-3)6-5-7(2)10(8)11/h4-6H,1H2,2-3H3. The molecule has 0 amide bonds. The zero-order valence-electron chi connectivity index (χ0n) is 7.23. The molecule has 0 saturated carbocycles. The van der Waals surface area contributed by atoms with Crippen molar-refractivity contribution in [3.8, 4) is 5.75 Å². The van der Waals surface area contributed by atoms with E-state index >= 15 is 0 Å². The van der Waals surface area contributed by atoms with Crippen molar-refractivity contribution in [1.29, 1.82) is 0 Å². The van der Waals surface area contributed by atoms with Crippen LogP contribution in [0.4, 0.5) is 4.39 Å². The summed E-state index contributed by atoms with van der Waals surface area (Å²) in [5.41, 5.74) is 1.03. The van der Waals surface area contributed by atoms with Crippen molar-refractivity contribution in [2.45, 2.75) is 6.92 Å². The fraction of sp³-hybridized carbons (Fsp3) is 0.200. The van der Waals surface area contributed by atoms with E-state index in [0.717, 1.165) is 0 Å². The van der Waals surface area contributed by atoms with E-state index in [1.807, 2.05) is 0 Å². The highest BCUT2D eigenvalue weighted by molar-refractivity contribution is 5.57. The largest absolute Gasteiger partial charge is 0.496 e. The second kappa shape index (κ2) is 3.39. The number of ether oxygens (including phenoxy) is 1. The van der Waals surface area contributed by atoms with Gasteiger partial charge in [-0.15, -0.1) is 0 Å². The summed E-state index contributed by atoms with van der Waals surface area (Å²) in [6, 6.07) is 3.41. The maximum atomic E-state index is 13.3. The first-order valence-electron chi connectivity index (χ1n) is 3.66. The number of aryl methyl sites for hydroxylation is 1. The highest BCUT2D eigenvalue weighted by Gasteiger charge is 2.07. The molecule has 1 aromatic rings. The van der Waals surface area contributed by atoms with Gasteiger partial charge in [0.05, 0.1) is 12.7 Å². The first kappa shape index (κ1) is 8.78. The maximum absolute atomic E-state index is 13.3. The summed E-state index contributed by atoms with van der Waals surface area (Å²) in [4.78, 5) is 0. The lowest BCUT2D eigenvalue weighted by molar-refractivity contribution is 0.409. The van der Waals surface area contributed by atoms with Crippen LogP contribution in [0.5, 0.6) is 5.75 Å². The van der Waals surface area contributed by atoms with Gasteiger partial charge < -0.3 is 4.74 Å². The van der Waals surface area contributed by atoms with E-state index in [1.54, 1.807) is 19.1 Å². The van der Waals surface area contributed by atoms with Gasteiger partial charge in [0.25, 0.3) is 0 Å². The molecule has 0 spiro atoms. The Morgan fingerprint density at radius 2 is 2.17 bits per heavy atom. The summed E-state index contributed by atoms with van der Waals surface area (Å²) in [7, 11) is 1.51. The predicted molar refractivity (Wildman–Crippen MR) is 47.8 cm³/mol. The minimum absolute atomic E-state index is 0.260. The average Bonchev–Trinajstić information content (AvgIpc) is 2.09. The third kappa shape index (κ3) is 1.33. The van der Waals surface area contributed by atoms with Crippen LogP contribution in [0.2, 0.25) is 0 Å². The van der Waals surface area contributed by atoms with Gasteiger partial charge in [-0.05, 0) is 18.6 Å². The van der Waals surface area contributed by atoms with Gasteiger partial charge in [0.15, 0.2) is 0 Å². The van der Waals surface area contributed by atoms with Gasteiger partial charge in [-0.3, -0.25) is 0 Å². The van der Waals surface area contributed by atoms with Gasteiger partial charge in [-0.25, -0.2) is 4.39 Å². The summed E-state index contributed by atoms with van der Waals surface area (Å²) in [5.74, 6) is 0.262. The molecule has 1 aromatic carbocycles. The van der Waals surface area contributed by atoms with Crippen LogP contribution >= 0.6 is 0 Å². The summed E-state index contributed by atoms with van der Waals surface area (Å²) in [6.45, 7) is 5.23. The molecule has 0 aliphatic rings. The number of hydrogen-bond donors (Lipinski definition) is 0. The SMILES string of the molecule is C=Cc1c(OC)ccc(C)c1F. The van der Waals surface area contributed by atoms with E-state index in [-0.39, 0.29) is 5.82 Å². The molecule has 0 unspecified atom stereocenters. The fourth-order valence-electron chi connectivity index (χ4n) is 1.05. The van der Waals surface area contributed by atoms with Crippen LogP contribution < -0.4 is 4.74 Å².